The number of aliphatic imine (C=N–C) groups is 1. The SMILES string of the molecule is Cc1cc(F)cc(NC2=NCC(C3CC3)S2)c1. The monoisotopic (exact) mass is 250 g/mol. The third-order valence-corrected chi connectivity index (χ3v) is 4.41. The third kappa shape index (κ3) is 2.63. The summed E-state index contributed by atoms with van der Waals surface area (Å²) in [7, 11) is 0. The third-order valence-electron chi connectivity index (χ3n) is 3.12. The van der Waals surface area contributed by atoms with Crippen molar-refractivity contribution in [1.29, 1.82) is 0 Å². The van der Waals surface area contributed by atoms with E-state index in [1.165, 1.54) is 25.0 Å². The minimum atomic E-state index is -0.199. The van der Waals surface area contributed by atoms with Crippen LogP contribution in [0.15, 0.2) is 23.2 Å². The highest BCUT2D eigenvalue weighted by molar-refractivity contribution is 8.15. The Morgan fingerprint density at radius 3 is 2.88 bits per heavy atom. The molecule has 0 bridgehead atoms. The second-order valence-corrected chi connectivity index (χ2v) is 6.01. The maximum Gasteiger partial charge on any atom is 0.161 e. The number of rotatable bonds is 2. The van der Waals surface area contributed by atoms with E-state index in [1.54, 1.807) is 11.8 Å². The van der Waals surface area contributed by atoms with E-state index in [-0.39, 0.29) is 5.82 Å². The van der Waals surface area contributed by atoms with Gasteiger partial charge >= 0.3 is 0 Å². The van der Waals surface area contributed by atoms with Crippen LogP contribution in [0.5, 0.6) is 0 Å². The molecule has 1 N–H and O–H groups in total. The number of halogens is 1. The summed E-state index contributed by atoms with van der Waals surface area (Å²) in [5.74, 6) is 0.659. The zero-order chi connectivity index (χ0) is 11.8. The van der Waals surface area contributed by atoms with E-state index < -0.39 is 0 Å². The number of benzene rings is 1. The topological polar surface area (TPSA) is 24.4 Å². The Morgan fingerprint density at radius 1 is 1.35 bits per heavy atom. The van der Waals surface area contributed by atoms with E-state index in [1.807, 2.05) is 13.0 Å². The van der Waals surface area contributed by atoms with Gasteiger partial charge in [0.2, 0.25) is 0 Å². The molecular formula is C13H15FN2S. The Balaban J connectivity index is 1.66. The van der Waals surface area contributed by atoms with Crippen molar-refractivity contribution in [3.8, 4) is 0 Å². The molecule has 1 aliphatic heterocycles. The average molecular weight is 250 g/mol. The summed E-state index contributed by atoms with van der Waals surface area (Å²) in [6, 6.07) is 4.99. The van der Waals surface area contributed by atoms with Crippen molar-refractivity contribution in [3.63, 3.8) is 0 Å². The lowest BCUT2D eigenvalue weighted by Crippen LogP contribution is -2.09. The van der Waals surface area contributed by atoms with Crippen LogP contribution in [0, 0.1) is 18.7 Å². The van der Waals surface area contributed by atoms with Gasteiger partial charge in [-0.3, -0.25) is 4.99 Å². The summed E-state index contributed by atoms with van der Waals surface area (Å²) < 4.78 is 13.2. The van der Waals surface area contributed by atoms with E-state index in [0.29, 0.717) is 5.25 Å². The van der Waals surface area contributed by atoms with E-state index in [0.717, 1.165) is 28.9 Å². The number of nitrogens with zero attached hydrogens (tertiary/aromatic N) is 1. The van der Waals surface area contributed by atoms with E-state index in [4.69, 9.17) is 0 Å². The molecule has 0 amide bonds. The summed E-state index contributed by atoms with van der Waals surface area (Å²) >= 11 is 1.80. The molecule has 90 valence electrons. The Hall–Kier alpha value is -1.03. The summed E-state index contributed by atoms with van der Waals surface area (Å²) in [4.78, 5) is 4.48. The molecule has 17 heavy (non-hydrogen) atoms. The lowest BCUT2D eigenvalue weighted by molar-refractivity contribution is 0.627. The van der Waals surface area contributed by atoms with Crippen molar-refractivity contribution in [2.45, 2.75) is 25.0 Å². The molecule has 1 aliphatic carbocycles. The summed E-state index contributed by atoms with van der Waals surface area (Å²) in [6.07, 6.45) is 2.69. The maximum atomic E-state index is 13.2. The number of hydrogen-bond donors (Lipinski definition) is 1. The zero-order valence-electron chi connectivity index (χ0n) is 9.74. The first-order valence-corrected chi connectivity index (χ1v) is 6.84. The van der Waals surface area contributed by atoms with Gasteiger partial charge in [-0.05, 0) is 49.4 Å². The Labute approximate surface area is 105 Å². The van der Waals surface area contributed by atoms with Crippen molar-refractivity contribution in [2.24, 2.45) is 10.9 Å². The van der Waals surface area contributed by atoms with Crippen molar-refractivity contribution >= 4 is 22.6 Å². The van der Waals surface area contributed by atoms with Gasteiger partial charge in [0.05, 0.1) is 6.54 Å². The van der Waals surface area contributed by atoms with Crippen LogP contribution >= 0.6 is 11.8 Å². The standard InChI is InChI=1S/C13H15FN2S/c1-8-4-10(14)6-11(5-8)16-13-15-7-12(17-13)9-2-3-9/h4-6,9,12H,2-3,7H2,1H3,(H,15,16). The fourth-order valence-electron chi connectivity index (χ4n) is 2.11. The van der Waals surface area contributed by atoms with Crippen molar-refractivity contribution in [2.75, 3.05) is 11.9 Å². The maximum absolute atomic E-state index is 13.2. The number of amidine groups is 1. The minimum Gasteiger partial charge on any atom is -0.335 e. The van der Waals surface area contributed by atoms with E-state index in [9.17, 15) is 4.39 Å². The molecule has 1 aromatic carbocycles. The van der Waals surface area contributed by atoms with E-state index in [2.05, 4.69) is 10.3 Å². The molecule has 4 heteroatoms. The van der Waals surface area contributed by atoms with Gasteiger partial charge in [0.15, 0.2) is 5.17 Å². The number of nitrogens with one attached hydrogen (secondary N) is 1. The van der Waals surface area contributed by atoms with Gasteiger partial charge in [-0.1, -0.05) is 11.8 Å². The zero-order valence-corrected chi connectivity index (χ0v) is 10.6. The van der Waals surface area contributed by atoms with Crippen molar-refractivity contribution < 1.29 is 4.39 Å². The number of thioether (sulfide) groups is 1. The molecule has 0 aromatic heterocycles. The number of hydrogen-bond acceptors (Lipinski definition) is 3. The van der Waals surface area contributed by atoms with Crippen LogP contribution < -0.4 is 5.32 Å². The predicted octanol–water partition coefficient (Wildman–Crippen LogP) is 3.43. The normalized spacial score (nSPS) is 23.6. The minimum absolute atomic E-state index is 0.199. The van der Waals surface area contributed by atoms with Gasteiger partial charge in [0.25, 0.3) is 0 Å². The Kier molecular flexibility index (Phi) is 2.82. The summed E-state index contributed by atoms with van der Waals surface area (Å²) in [5.41, 5.74) is 1.72. The first-order chi connectivity index (χ1) is 8.20. The molecule has 3 rings (SSSR count). The van der Waals surface area contributed by atoms with Gasteiger partial charge in [0, 0.05) is 10.9 Å². The molecule has 1 unspecified atom stereocenters. The molecule has 1 atom stereocenters. The van der Waals surface area contributed by atoms with Gasteiger partial charge in [-0.2, -0.15) is 0 Å². The van der Waals surface area contributed by atoms with Crippen LogP contribution in [0.4, 0.5) is 10.1 Å². The Morgan fingerprint density at radius 2 is 2.18 bits per heavy atom. The summed E-state index contributed by atoms with van der Waals surface area (Å²) in [6.45, 7) is 2.80. The highest BCUT2D eigenvalue weighted by Crippen LogP contribution is 2.41. The lowest BCUT2D eigenvalue weighted by Gasteiger charge is -2.08. The molecule has 0 saturated heterocycles. The van der Waals surface area contributed by atoms with Crippen LogP contribution in [-0.4, -0.2) is 17.0 Å². The van der Waals surface area contributed by atoms with Gasteiger partial charge < -0.3 is 5.32 Å². The molecule has 1 fully saturated rings. The molecule has 1 heterocycles. The largest absolute Gasteiger partial charge is 0.335 e. The number of aryl methyl sites for hydroxylation is 1. The highest BCUT2D eigenvalue weighted by atomic mass is 32.2. The molecule has 2 nitrogen and oxygen atoms in total. The smallest absolute Gasteiger partial charge is 0.161 e. The first-order valence-electron chi connectivity index (χ1n) is 5.96. The number of anilines is 1. The first kappa shape index (κ1) is 11.1. The average Bonchev–Trinajstić information content (AvgIpc) is 2.99. The second kappa shape index (κ2) is 4.33. The molecule has 0 spiro atoms. The second-order valence-electron chi connectivity index (χ2n) is 4.78. The van der Waals surface area contributed by atoms with Crippen LogP contribution in [0.1, 0.15) is 18.4 Å². The van der Waals surface area contributed by atoms with Crippen LogP contribution in [-0.2, 0) is 0 Å². The predicted molar refractivity (Wildman–Crippen MR) is 71.2 cm³/mol. The molecule has 0 radical (unpaired) electrons. The van der Waals surface area contributed by atoms with Gasteiger partial charge in [0.1, 0.15) is 5.82 Å². The molecule has 1 aromatic rings. The van der Waals surface area contributed by atoms with Crippen LogP contribution in [0.3, 0.4) is 0 Å². The van der Waals surface area contributed by atoms with Gasteiger partial charge in [-0.25, -0.2) is 4.39 Å². The van der Waals surface area contributed by atoms with Gasteiger partial charge in [-0.15, -0.1) is 0 Å². The lowest BCUT2D eigenvalue weighted by atomic mass is 10.2. The van der Waals surface area contributed by atoms with E-state index >= 15 is 0 Å². The fraction of sp³-hybridized carbons (Fsp3) is 0.462. The van der Waals surface area contributed by atoms with Crippen LogP contribution in [0.25, 0.3) is 0 Å². The van der Waals surface area contributed by atoms with Crippen molar-refractivity contribution in [3.05, 3.63) is 29.6 Å². The molecule has 1 saturated carbocycles. The van der Waals surface area contributed by atoms with Crippen molar-refractivity contribution in [1.82, 2.24) is 0 Å². The quantitative estimate of drug-likeness (QED) is 0.869. The molecule has 2 aliphatic rings. The fourth-order valence-corrected chi connectivity index (χ4v) is 3.33. The summed E-state index contributed by atoms with van der Waals surface area (Å²) in [5, 5.41) is 4.79. The van der Waals surface area contributed by atoms with Crippen LogP contribution in [0.2, 0.25) is 0 Å². The molecular weight excluding hydrogens is 235 g/mol. The Bertz CT molecular complexity index is 448. The highest BCUT2D eigenvalue weighted by Gasteiger charge is 2.35.